The lowest BCUT2D eigenvalue weighted by Crippen LogP contribution is -2.76. The van der Waals surface area contributed by atoms with Gasteiger partial charge in [-0.15, -0.1) is 0 Å². The number of aromatic hydroxyl groups is 1. The zero-order valence-corrected chi connectivity index (χ0v) is 23.7. The molecule has 2 atom stereocenters. The molecule has 0 spiro atoms. The Balaban J connectivity index is 1.51. The SMILES string of the molecule is C/C=C/CN1CC(=O)N2[C@@H](Cc3ccc(O)cc3)C(=O)N(Cc3ccc(F)cc3F)C[C@@H]2N1C(=O)NCc1ccccc1. The number of benzene rings is 3. The Kier molecular flexibility index (Phi) is 9.01. The highest BCUT2D eigenvalue weighted by Crippen LogP contribution is 2.30. The van der Waals surface area contributed by atoms with Crippen LogP contribution in [0.4, 0.5) is 13.6 Å². The minimum atomic E-state index is -1.01. The third-order valence-electron chi connectivity index (χ3n) is 7.62. The lowest BCUT2D eigenvalue weighted by atomic mass is 9.98. The zero-order valence-electron chi connectivity index (χ0n) is 23.7. The number of fused-ring (bicyclic) bond motifs is 1. The summed E-state index contributed by atoms with van der Waals surface area (Å²) in [4.78, 5) is 44.3. The molecule has 9 nitrogen and oxygen atoms in total. The summed E-state index contributed by atoms with van der Waals surface area (Å²) in [5.41, 5.74) is 1.69. The van der Waals surface area contributed by atoms with Gasteiger partial charge in [0.2, 0.25) is 11.8 Å². The molecule has 2 aliphatic heterocycles. The van der Waals surface area contributed by atoms with Gasteiger partial charge in [0, 0.05) is 37.7 Å². The fraction of sp³-hybridized carbons (Fsp3) is 0.281. The second-order valence-electron chi connectivity index (χ2n) is 10.5. The molecular weight excluding hydrogens is 556 g/mol. The van der Waals surface area contributed by atoms with Crippen LogP contribution in [0.15, 0.2) is 84.9 Å². The highest BCUT2D eigenvalue weighted by molar-refractivity contribution is 5.91. The number of carbonyl (C=O) groups excluding carboxylic acids is 3. The van der Waals surface area contributed by atoms with Crippen molar-refractivity contribution < 1.29 is 28.3 Å². The van der Waals surface area contributed by atoms with Gasteiger partial charge in [-0.1, -0.05) is 60.7 Å². The molecule has 0 unspecified atom stereocenters. The van der Waals surface area contributed by atoms with Crippen molar-refractivity contribution in [1.29, 1.82) is 0 Å². The number of rotatable bonds is 8. The molecule has 3 aromatic rings. The van der Waals surface area contributed by atoms with Gasteiger partial charge >= 0.3 is 6.03 Å². The predicted molar refractivity (Wildman–Crippen MR) is 155 cm³/mol. The molecule has 0 aromatic heterocycles. The lowest BCUT2D eigenvalue weighted by molar-refractivity contribution is -0.189. The predicted octanol–water partition coefficient (Wildman–Crippen LogP) is 3.80. The molecular formula is C32H33F2N5O4. The number of hydrogen-bond acceptors (Lipinski definition) is 5. The molecule has 2 N–H and O–H groups in total. The minimum Gasteiger partial charge on any atom is -0.508 e. The van der Waals surface area contributed by atoms with E-state index in [9.17, 15) is 28.3 Å². The summed E-state index contributed by atoms with van der Waals surface area (Å²) in [7, 11) is 0. The van der Waals surface area contributed by atoms with Crippen LogP contribution in [0.25, 0.3) is 0 Å². The highest BCUT2D eigenvalue weighted by Gasteiger charge is 2.51. The molecule has 2 saturated heterocycles. The third-order valence-corrected chi connectivity index (χ3v) is 7.62. The minimum absolute atomic E-state index is 0.0555. The van der Waals surface area contributed by atoms with Crippen LogP contribution in [0.3, 0.4) is 0 Å². The van der Waals surface area contributed by atoms with Crippen molar-refractivity contribution >= 4 is 17.8 Å². The number of hydrogen-bond donors (Lipinski definition) is 2. The number of urea groups is 1. The number of hydrazine groups is 1. The summed E-state index contributed by atoms with van der Waals surface area (Å²) in [6.45, 7) is 1.96. The van der Waals surface area contributed by atoms with Gasteiger partial charge in [-0.3, -0.25) is 9.59 Å². The van der Waals surface area contributed by atoms with Crippen LogP contribution in [-0.2, 0) is 29.1 Å². The summed E-state index contributed by atoms with van der Waals surface area (Å²) in [5, 5.41) is 15.8. The topological polar surface area (TPSA) is 96.4 Å². The van der Waals surface area contributed by atoms with Crippen molar-refractivity contribution in [2.24, 2.45) is 0 Å². The summed E-state index contributed by atoms with van der Waals surface area (Å²) >= 11 is 0. The van der Waals surface area contributed by atoms with E-state index in [1.54, 1.807) is 17.1 Å². The fourth-order valence-electron chi connectivity index (χ4n) is 5.49. The molecule has 2 aliphatic rings. The third kappa shape index (κ3) is 6.67. The second kappa shape index (κ2) is 13.0. The molecule has 2 heterocycles. The molecule has 2 fully saturated rings. The average Bonchev–Trinajstić information content (AvgIpc) is 2.99. The standard InChI is InChI=1S/C32H33F2N5O4/c1-2-3-15-37-21-30(41)38-28(16-22-9-13-26(40)14-10-22)31(42)36(19-24-11-12-25(33)17-27(24)34)20-29(38)39(37)32(43)35-18-23-7-5-4-6-8-23/h2-14,17,28-29,40H,15-16,18-21H2,1H3,(H,35,43)/b3-2+/t28-,29-/m0/s1. The molecule has 0 bridgehead atoms. The largest absolute Gasteiger partial charge is 0.508 e. The van der Waals surface area contributed by atoms with E-state index in [-0.39, 0.29) is 56.4 Å². The van der Waals surface area contributed by atoms with Crippen molar-refractivity contribution in [1.82, 2.24) is 25.1 Å². The average molecular weight is 590 g/mol. The van der Waals surface area contributed by atoms with Crippen LogP contribution in [0, 0.1) is 11.6 Å². The van der Waals surface area contributed by atoms with Crippen LogP contribution in [0.1, 0.15) is 23.6 Å². The van der Waals surface area contributed by atoms with Gasteiger partial charge in [-0.05, 0) is 36.2 Å². The molecule has 224 valence electrons. The first-order valence-electron chi connectivity index (χ1n) is 14.0. The number of phenolic OH excluding ortho intramolecular Hbond substituents is 1. The van der Waals surface area contributed by atoms with E-state index in [4.69, 9.17) is 0 Å². The van der Waals surface area contributed by atoms with Crippen LogP contribution in [0.5, 0.6) is 5.75 Å². The summed E-state index contributed by atoms with van der Waals surface area (Å²) in [5.74, 6) is -2.22. The number of piperazine rings is 1. The lowest BCUT2D eigenvalue weighted by Gasteiger charge is -2.55. The summed E-state index contributed by atoms with van der Waals surface area (Å²) in [6, 6.07) is 17.4. The molecule has 11 heteroatoms. The molecule has 3 aromatic carbocycles. The number of nitrogens with zero attached hydrogens (tertiary/aromatic N) is 4. The van der Waals surface area contributed by atoms with Crippen LogP contribution < -0.4 is 5.32 Å². The molecule has 0 radical (unpaired) electrons. The van der Waals surface area contributed by atoms with Gasteiger partial charge in [0.1, 0.15) is 29.6 Å². The van der Waals surface area contributed by atoms with Gasteiger partial charge in [0.15, 0.2) is 0 Å². The maximum atomic E-state index is 14.7. The van der Waals surface area contributed by atoms with Crippen molar-refractivity contribution in [3.05, 3.63) is 113 Å². The van der Waals surface area contributed by atoms with Crippen molar-refractivity contribution in [3.63, 3.8) is 0 Å². The molecule has 4 amide bonds. The summed E-state index contributed by atoms with van der Waals surface area (Å²) in [6.07, 6.45) is 2.86. The molecule has 5 rings (SSSR count). The van der Waals surface area contributed by atoms with Gasteiger partial charge in [-0.2, -0.15) is 0 Å². The van der Waals surface area contributed by atoms with E-state index in [1.807, 2.05) is 49.4 Å². The van der Waals surface area contributed by atoms with Crippen LogP contribution >= 0.6 is 0 Å². The first-order chi connectivity index (χ1) is 20.7. The van der Waals surface area contributed by atoms with E-state index in [0.29, 0.717) is 5.56 Å². The normalized spacial score (nSPS) is 19.2. The molecule has 43 heavy (non-hydrogen) atoms. The van der Waals surface area contributed by atoms with Crippen LogP contribution in [0.2, 0.25) is 0 Å². The van der Waals surface area contributed by atoms with E-state index >= 15 is 0 Å². The number of amides is 4. The number of carbonyl (C=O) groups is 3. The van der Waals surface area contributed by atoms with Crippen molar-refractivity contribution in [3.8, 4) is 5.75 Å². The first kappa shape index (κ1) is 29.7. The first-order valence-corrected chi connectivity index (χ1v) is 14.0. The van der Waals surface area contributed by atoms with Gasteiger partial charge < -0.3 is 20.2 Å². The molecule has 0 aliphatic carbocycles. The molecule has 0 saturated carbocycles. The smallest absolute Gasteiger partial charge is 0.334 e. The monoisotopic (exact) mass is 589 g/mol. The van der Waals surface area contributed by atoms with Gasteiger partial charge in [0.05, 0.1) is 13.1 Å². The van der Waals surface area contributed by atoms with E-state index < -0.39 is 35.8 Å². The van der Waals surface area contributed by atoms with Gasteiger partial charge in [0.25, 0.3) is 0 Å². The number of halogens is 2. The number of allylic oxidation sites excluding steroid dienone is 1. The Morgan fingerprint density at radius 3 is 2.47 bits per heavy atom. The van der Waals surface area contributed by atoms with Crippen molar-refractivity contribution in [2.45, 2.75) is 38.6 Å². The Morgan fingerprint density at radius 2 is 1.77 bits per heavy atom. The fourth-order valence-corrected chi connectivity index (χ4v) is 5.49. The Labute approximate surface area is 248 Å². The maximum absolute atomic E-state index is 14.7. The van der Waals surface area contributed by atoms with Crippen LogP contribution in [-0.4, -0.2) is 74.6 Å². The zero-order chi connectivity index (χ0) is 30.5. The number of nitrogens with one attached hydrogen (secondary N) is 1. The van der Waals surface area contributed by atoms with E-state index in [1.165, 1.54) is 33.0 Å². The Morgan fingerprint density at radius 1 is 1.02 bits per heavy atom. The van der Waals surface area contributed by atoms with Crippen molar-refractivity contribution in [2.75, 3.05) is 19.6 Å². The Hall–Kier alpha value is -4.77. The van der Waals surface area contributed by atoms with Gasteiger partial charge in [-0.25, -0.2) is 23.6 Å². The quantitative estimate of drug-likeness (QED) is 0.390. The maximum Gasteiger partial charge on any atom is 0.334 e. The van der Waals surface area contributed by atoms with E-state index in [0.717, 1.165) is 17.7 Å². The summed E-state index contributed by atoms with van der Waals surface area (Å²) < 4.78 is 28.4. The van der Waals surface area contributed by atoms with E-state index in [2.05, 4.69) is 5.32 Å². The Bertz CT molecular complexity index is 1500. The number of phenols is 1. The second-order valence-corrected chi connectivity index (χ2v) is 10.5. The highest BCUT2D eigenvalue weighted by atomic mass is 19.1.